The van der Waals surface area contributed by atoms with Crippen molar-refractivity contribution in [2.75, 3.05) is 6.54 Å². The summed E-state index contributed by atoms with van der Waals surface area (Å²) < 4.78 is 29.6. The third-order valence-corrected chi connectivity index (χ3v) is 8.09. The minimum atomic E-state index is -2.09. The van der Waals surface area contributed by atoms with Crippen LogP contribution in [-0.2, 0) is 4.74 Å². The van der Waals surface area contributed by atoms with Crippen molar-refractivity contribution in [3.8, 4) is 0 Å². The van der Waals surface area contributed by atoms with E-state index in [1.807, 2.05) is 11.8 Å². The van der Waals surface area contributed by atoms with Crippen molar-refractivity contribution in [3.05, 3.63) is 33.5 Å². The van der Waals surface area contributed by atoms with Gasteiger partial charge in [-0.3, -0.25) is 4.99 Å². The van der Waals surface area contributed by atoms with E-state index in [1.54, 1.807) is 0 Å². The molecule has 1 aliphatic carbocycles. The Morgan fingerprint density at radius 2 is 2.24 bits per heavy atom. The average molecular weight is 360 g/mol. The molecule has 5 aliphatic rings. The SMILES string of the molecule is [2H]C([2H])([2H])C1=NC2OC3=C([C@@H]4NCC=C5C(C)=C(C)SC54)CCCC3C2CC1. The molecule has 0 aromatic carbocycles. The molecule has 0 aromatic rings. The number of allylic oxidation sites excluding steroid dienone is 3. The Bertz CT molecular complexity index is 826. The van der Waals surface area contributed by atoms with Crippen LogP contribution in [0.4, 0.5) is 0 Å². The van der Waals surface area contributed by atoms with Gasteiger partial charge in [-0.1, -0.05) is 6.08 Å². The van der Waals surface area contributed by atoms with E-state index < -0.39 is 6.85 Å². The van der Waals surface area contributed by atoms with Gasteiger partial charge in [0.05, 0.1) is 5.25 Å². The largest absolute Gasteiger partial charge is 0.472 e. The summed E-state index contributed by atoms with van der Waals surface area (Å²) in [6.07, 6.45) is 6.90. The molecule has 1 N–H and O–H groups in total. The molecule has 0 aromatic heterocycles. The van der Waals surface area contributed by atoms with Crippen molar-refractivity contribution in [2.45, 2.75) is 70.3 Å². The second kappa shape index (κ2) is 6.02. The van der Waals surface area contributed by atoms with E-state index in [0.29, 0.717) is 35.3 Å². The molecule has 25 heavy (non-hydrogen) atoms. The number of fused-ring (bicyclic) bond motifs is 4. The third-order valence-electron chi connectivity index (χ3n) is 6.65. The molecule has 4 aliphatic heterocycles. The summed E-state index contributed by atoms with van der Waals surface area (Å²) >= 11 is 1.98. The van der Waals surface area contributed by atoms with Gasteiger partial charge in [0.15, 0.2) is 6.23 Å². The van der Waals surface area contributed by atoms with E-state index in [-0.39, 0.29) is 6.23 Å². The van der Waals surface area contributed by atoms with Crippen molar-refractivity contribution in [1.82, 2.24) is 5.32 Å². The fourth-order valence-corrected chi connectivity index (χ4v) is 6.75. The normalized spacial score (nSPS) is 42.5. The number of ether oxygens (including phenoxy) is 1. The lowest BCUT2D eigenvalue weighted by atomic mass is 9.76. The first-order valence-corrected chi connectivity index (χ1v) is 10.5. The molecule has 5 rings (SSSR count). The molecule has 0 radical (unpaired) electrons. The molecule has 5 atom stereocenters. The third kappa shape index (κ3) is 2.48. The highest BCUT2D eigenvalue weighted by Crippen LogP contribution is 2.52. The van der Waals surface area contributed by atoms with Crippen LogP contribution in [0, 0.1) is 11.8 Å². The zero-order chi connectivity index (χ0) is 19.6. The molecule has 0 bridgehead atoms. The lowest BCUT2D eigenvalue weighted by Gasteiger charge is -2.35. The number of hydrogen-bond donors (Lipinski definition) is 1. The summed E-state index contributed by atoms with van der Waals surface area (Å²) in [7, 11) is 0. The highest BCUT2D eigenvalue weighted by atomic mass is 32.2. The fraction of sp³-hybridized carbons (Fsp3) is 0.667. The first-order chi connectivity index (χ1) is 13.3. The molecule has 4 heteroatoms. The molecule has 1 saturated heterocycles. The molecular formula is C21H28N2OS. The van der Waals surface area contributed by atoms with Crippen LogP contribution >= 0.6 is 11.8 Å². The summed E-state index contributed by atoms with van der Waals surface area (Å²) in [6, 6.07) is 0.307. The molecule has 4 unspecified atom stereocenters. The van der Waals surface area contributed by atoms with Crippen molar-refractivity contribution in [2.24, 2.45) is 16.8 Å². The predicted molar refractivity (Wildman–Crippen MR) is 105 cm³/mol. The Hall–Kier alpha value is -1.00. The minimum Gasteiger partial charge on any atom is -0.472 e. The van der Waals surface area contributed by atoms with E-state index in [2.05, 4.69) is 30.2 Å². The van der Waals surface area contributed by atoms with Gasteiger partial charge in [0.2, 0.25) is 0 Å². The molecule has 0 spiro atoms. The Kier molecular flexibility index (Phi) is 3.18. The first-order valence-electron chi connectivity index (χ1n) is 11.1. The van der Waals surface area contributed by atoms with Crippen LogP contribution in [0.2, 0.25) is 0 Å². The summed E-state index contributed by atoms with van der Waals surface area (Å²) in [6.45, 7) is 3.27. The maximum absolute atomic E-state index is 7.71. The van der Waals surface area contributed by atoms with Crippen LogP contribution in [0.5, 0.6) is 0 Å². The lowest BCUT2D eigenvalue weighted by molar-refractivity contribution is 0.128. The van der Waals surface area contributed by atoms with Gasteiger partial charge < -0.3 is 10.1 Å². The number of thioether (sulfide) groups is 1. The molecule has 1 fully saturated rings. The number of nitrogens with zero attached hydrogens (tertiary/aromatic N) is 1. The lowest BCUT2D eigenvalue weighted by Crippen LogP contribution is -2.44. The molecule has 134 valence electrons. The highest BCUT2D eigenvalue weighted by molar-refractivity contribution is 8.04. The first kappa shape index (κ1) is 13.2. The smallest absolute Gasteiger partial charge is 0.192 e. The van der Waals surface area contributed by atoms with E-state index in [9.17, 15) is 0 Å². The highest BCUT2D eigenvalue weighted by Gasteiger charge is 2.48. The van der Waals surface area contributed by atoms with Gasteiger partial charge in [-0.2, -0.15) is 0 Å². The van der Waals surface area contributed by atoms with Gasteiger partial charge in [0, 0.05) is 34.2 Å². The van der Waals surface area contributed by atoms with E-state index >= 15 is 0 Å². The number of rotatable bonds is 1. The van der Waals surface area contributed by atoms with E-state index in [4.69, 9.17) is 8.85 Å². The second-order valence-electron chi connectivity index (χ2n) is 7.94. The summed E-state index contributed by atoms with van der Waals surface area (Å²) in [5, 5.41) is 4.17. The van der Waals surface area contributed by atoms with E-state index in [0.717, 1.165) is 31.6 Å². The van der Waals surface area contributed by atoms with Gasteiger partial charge in [-0.05, 0) is 74.4 Å². The zero-order valence-corrected chi connectivity index (χ0v) is 15.8. The van der Waals surface area contributed by atoms with Gasteiger partial charge in [-0.25, -0.2) is 0 Å². The van der Waals surface area contributed by atoms with Gasteiger partial charge in [-0.15, -0.1) is 11.8 Å². The van der Waals surface area contributed by atoms with Crippen molar-refractivity contribution < 1.29 is 8.85 Å². The Morgan fingerprint density at radius 1 is 1.32 bits per heavy atom. The van der Waals surface area contributed by atoms with Crippen LogP contribution in [-0.4, -0.2) is 29.8 Å². The molecule has 0 saturated carbocycles. The topological polar surface area (TPSA) is 33.6 Å². The van der Waals surface area contributed by atoms with Gasteiger partial charge in [0.1, 0.15) is 5.76 Å². The summed E-state index contributed by atoms with van der Waals surface area (Å²) in [5.74, 6) is 1.89. The Morgan fingerprint density at radius 3 is 3.12 bits per heavy atom. The van der Waals surface area contributed by atoms with Crippen LogP contribution in [0.15, 0.2) is 38.5 Å². The standard InChI is InChI=1S/C21H28N2OS/c1-11-7-8-16-15-5-4-6-17(19(15)24-21(16)23-11)18-20-14(9-10-22-18)12(2)13(3)25-20/h9,15-16,18,20-22H,4-8,10H2,1-3H3/t15?,16?,18-,20?,21?/m0/s1/i1D3. The predicted octanol–water partition coefficient (Wildman–Crippen LogP) is 4.58. The van der Waals surface area contributed by atoms with Crippen LogP contribution < -0.4 is 5.32 Å². The van der Waals surface area contributed by atoms with Crippen molar-refractivity contribution in [1.29, 1.82) is 0 Å². The minimum absolute atomic E-state index is 0.297. The van der Waals surface area contributed by atoms with Crippen LogP contribution in [0.3, 0.4) is 0 Å². The summed E-state index contributed by atoms with van der Waals surface area (Å²) in [4.78, 5) is 5.99. The van der Waals surface area contributed by atoms with Crippen LogP contribution in [0.1, 0.15) is 56.9 Å². The summed E-state index contributed by atoms with van der Waals surface area (Å²) in [5.41, 5.74) is 4.69. The molecule has 4 heterocycles. The monoisotopic (exact) mass is 359 g/mol. The van der Waals surface area contributed by atoms with Crippen LogP contribution in [0.25, 0.3) is 0 Å². The maximum atomic E-state index is 7.71. The quantitative estimate of drug-likeness (QED) is 0.744. The number of nitrogens with one attached hydrogen (secondary N) is 1. The number of aliphatic imine (C=N–C) groups is 1. The molecule has 3 nitrogen and oxygen atoms in total. The van der Waals surface area contributed by atoms with E-state index in [1.165, 1.54) is 28.0 Å². The molecular weight excluding hydrogens is 328 g/mol. The fourth-order valence-electron chi connectivity index (χ4n) is 5.27. The zero-order valence-electron chi connectivity index (χ0n) is 18.0. The number of hydrogen-bond acceptors (Lipinski definition) is 4. The maximum Gasteiger partial charge on any atom is 0.192 e. The second-order valence-corrected chi connectivity index (χ2v) is 9.30. The Labute approximate surface area is 159 Å². The molecule has 0 amide bonds. The van der Waals surface area contributed by atoms with Gasteiger partial charge >= 0.3 is 0 Å². The Balaban J connectivity index is 1.47. The van der Waals surface area contributed by atoms with Gasteiger partial charge in [0.25, 0.3) is 0 Å². The average Bonchev–Trinajstić information content (AvgIpc) is 3.18. The van der Waals surface area contributed by atoms with Crippen molar-refractivity contribution >= 4 is 17.5 Å². The van der Waals surface area contributed by atoms with Crippen molar-refractivity contribution in [3.63, 3.8) is 0 Å².